The summed E-state index contributed by atoms with van der Waals surface area (Å²) in [6, 6.07) is 18.4. The minimum absolute atomic E-state index is 0.158. The summed E-state index contributed by atoms with van der Waals surface area (Å²) in [6.07, 6.45) is 4.77. The monoisotopic (exact) mass is 606 g/mol. The number of allylic oxidation sites excluding steroid dienone is 1. The number of nitrogens with zero attached hydrogens (tertiary/aromatic N) is 1. The van der Waals surface area contributed by atoms with Gasteiger partial charge in [-0.15, -0.1) is 0 Å². The number of aliphatic hydroxyl groups excluding tert-OH is 1. The van der Waals surface area contributed by atoms with E-state index in [0.29, 0.717) is 22.9 Å². The van der Waals surface area contributed by atoms with Gasteiger partial charge in [-0.2, -0.15) is 0 Å². The molecule has 0 unspecified atom stereocenters. The molecule has 43 heavy (non-hydrogen) atoms. The number of sulfonamides is 1. The predicted octanol–water partition coefficient (Wildman–Crippen LogP) is 5.70. The maximum absolute atomic E-state index is 13.6. The van der Waals surface area contributed by atoms with Crippen LogP contribution < -0.4 is 9.62 Å². The number of aliphatic hydroxyl groups is 1. The Kier molecular flexibility index (Phi) is 9.52. The van der Waals surface area contributed by atoms with Crippen molar-refractivity contribution in [3.05, 3.63) is 95.3 Å². The predicted molar refractivity (Wildman–Crippen MR) is 167 cm³/mol. The summed E-state index contributed by atoms with van der Waals surface area (Å²) < 4.78 is 46.3. The van der Waals surface area contributed by atoms with Crippen molar-refractivity contribution in [1.29, 1.82) is 0 Å². The van der Waals surface area contributed by atoms with E-state index in [4.69, 9.17) is 4.42 Å². The highest BCUT2D eigenvalue weighted by Crippen LogP contribution is 2.38. The number of carbonyl (C=O) groups excluding carboxylic acids is 2. The average molecular weight is 607 g/mol. The Morgan fingerprint density at radius 1 is 1.07 bits per heavy atom. The van der Waals surface area contributed by atoms with Crippen molar-refractivity contribution in [3.8, 4) is 11.3 Å². The first-order valence-electron chi connectivity index (χ1n) is 13.8. The molecule has 1 heterocycles. The molecule has 2 N–H and O–H groups in total. The number of hydrogen-bond donors (Lipinski definition) is 2. The Morgan fingerprint density at radius 3 is 2.35 bits per heavy atom. The second-order valence-electron chi connectivity index (χ2n) is 10.9. The summed E-state index contributed by atoms with van der Waals surface area (Å²) in [7, 11) is -2.39. The van der Waals surface area contributed by atoms with Crippen LogP contribution in [-0.2, 0) is 20.2 Å². The summed E-state index contributed by atoms with van der Waals surface area (Å²) in [5.41, 5.74) is 2.20. The lowest BCUT2D eigenvalue weighted by Crippen LogP contribution is -2.33. The SMILES string of the molecule is CNC(=O)c1c(-c2ccc(F)cc2)oc2cc(N(CCO)S(C)(=O)=O)c(/C=C/C(=O)CCC(C)(C)c3ccccc3)cc12. The fourth-order valence-electron chi connectivity index (χ4n) is 4.94. The third-order valence-electron chi connectivity index (χ3n) is 7.37. The van der Waals surface area contributed by atoms with Gasteiger partial charge in [0.25, 0.3) is 5.91 Å². The van der Waals surface area contributed by atoms with Crippen LogP contribution in [0.25, 0.3) is 28.4 Å². The van der Waals surface area contributed by atoms with Gasteiger partial charge in [0.15, 0.2) is 5.78 Å². The normalized spacial score (nSPS) is 12.1. The maximum atomic E-state index is 13.6. The van der Waals surface area contributed by atoms with Gasteiger partial charge in [-0.25, -0.2) is 12.8 Å². The second kappa shape index (κ2) is 12.9. The van der Waals surface area contributed by atoms with Gasteiger partial charge in [-0.1, -0.05) is 44.2 Å². The molecule has 0 bridgehead atoms. The third-order valence-corrected chi connectivity index (χ3v) is 8.55. The number of amides is 1. The van der Waals surface area contributed by atoms with Crippen LogP contribution in [0.2, 0.25) is 0 Å². The number of anilines is 1. The lowest BCUT2D eigenvalue weighted by Gasteiger charge is -2.24. The molecular formula is C33H35FN2O6S. The molecule has 0 saturated carbocycles. The molecule has 0 radical (unpaired) electrons. The number of benzene rings is 3. The highest BCUT2D eigenvalue weighted by atomic mass is 32.2. The van der Waals surface area contributed by atoms with E-state index in [0.717, 1.165) is 16.1 Å². The zero-order valence-corrected chi connectivity index (χ0v) is 25.4. The van der Waals surface area contributed by atoms with E-state index >= 15 is 0 Å². The van der Waals surface area contributed by atoms with Gasteiger partial charge in [0.05, 0.1) is 30.7 Å². The van der Waals surface area contributed by atoms with Crippen LogP contribution in [0, 0.1) is 5.82 Å². The van der Waals surface area contributed by atoms with Crippen molar-refractivity contribution >= 4 is 44.4 Å². The quantitative estimate of drug-likeness (QED) is 0.200. The number of ketones is 1. The van der Waals surface area contributed by atoms with Gasteiger partial charge in [0.2, 0.25) is 10.0 Å². The Balaban J connectivity index is 1.81. The van der Waals surface area contributed by atoms with E-state index in [1.165, 1.54) is 49.5 Å². The van der Waals surface area contributed by atoms with Crippen LogP contribution in [0.15, 0.2) is 77.2 Å². The second-order valence-corrected chi connectivity index (χ2v) is 12.8. The highest BCUT2D eigenvalue weighted by molar-refractivity contribution is 7.92. The van der Waals surface area contributed by atoms with Gasteiger partial charge < -0.3 is 14.8 Å². The molecule has 8 nitrogen and oxygen atoms in total. The van der Waals surface area contributed by atoms with Crippen molar-refractivity contribution in [2.24, 2.45) is 0 Å². The molecule has 0 saturated heterocycles. The molecule has 10 heteroatoms. The van der Waals surface area contributed by atoms with Crippen molar-refractivity contribution in [3.63, 3.8) is 0 Å². The average Bonchev–Trinajstić information content (AvgIpc) is 3.35. The van der Waals surface area contributed by atoms with E-state index in [9.17, 15) is 27.5 Å². The summed E-state index contributed by atoms with van der Waals surface area (Å²) in [5.74, 6) is -0.904. The van der Waals surface area contributed by atoms with Gasteiger partial charge >= 0.3 is 0 Å². The van der Waals surface area contributed by atoms with E-state index in [1.807, 2.05) is 30.3 Å². The first-order chi connectivity index (χ1) is 20.4. The number of carbonyl (C=O) groups is 2. The van der Waals surface area contributed by atoms with E-state index in [1.54, 1.807) is 6.07 Å². The van der Waals surface area contributed by atoms with Gasteiger partial charge in [0.1, 0.15) is 17.2 Å². The van der Waals surface area contributed by atoms with Crippen LogP contribution in [0.4, 0.5) is 10.1 Å². The van der Waals surface area contributed by atoms with E-state index < -0.39 is 28.4 Å². The number of rotatable bonds is 12. The first-order valence-corrected chi connectivity index (χ1v) is 15.6. The summed E-state index contributed by atoms with van der Waals surface area (Å²) in [5, 5.41) is 12.6. The zero-order chi connectivity index (χ0) is 31.4. The lowest BCUT2D eigenvalue weighted by molar-refractivity contribution is -0.114. The van der Waals surface area contributed by atoms with Gasteiger partial charge in [-0.05, 0) is 65.4 Å². The molecule has 0 atom stereocenters. The molecule has 0 fully saturated rings. The molecule has 0 spiro atoms. The fourth-order valence-corrected chi connectivity index (χ4v) is 5.87. The highest BCUT2D eigenvalue weighted by Gasteiger charge is 2.26. The van der Waals surface area contributed by atoms with Crippen LogP contribution in [0.3, 0.4) is 0 Å². The molecule has 3 aromatic carbocycles. The summed E-state index contributed by atoms with van der Waals surface area (Å²) in [4.78, 5) is 26.1. The molecule has 0 aliphatic carbocycles. The topological polar surface area (TPSA) is 117 Å². The largest absolute Gasteiger partial charge is 0.455 e. The fraction of sp³-hybridized carbons (Fsp3) is 0.273. The number of furan rings is 1. The summed E-state index contributed by atoms with van der Waals surface area (Å²) in [6.45, 7) is 3.45. The number of halogens is 1. The van der Waals surface area contributed by atoms with Gasteiger partial charge in [0, 0.05) is 30.5 Å². The Bertz CT molecular complexity index is 1760. The molecule has 1 aromatic heterocycles. The number of fused-ring (bicyclic) bond motifs is 1. The zero-order valence-electron chi connectivity index (χ0n) is 24.6. The standard InChI is InChI=1S/C33H35FN2O6S/c1-33(2,24-8-6-5-7-9-24)17-16-26(38)15-12-23-20-27-29(21-28(23)36(18-19-37)43(4,40)41)42-31(30(27)32(39)35-3)22-10-13-25(34)14-11-22/h5-15,20-21,37H,16-19H2,1-4H3,(H,35,39)/b15-12+. The molecule has 4 rings (SSSR count). The molecular weight excluding hydrogens is 571 g/mol. The van der Waals surface area contributed by atoms with Crippen LogP contribution in [-0.4, -0.2) is 51.7 Å². The Morgan fingerprint density at radius 2 is 1.74 bits per heavy atom. The Labute approximate surface area is 250 Å². The van der Waals surface area contributed by atoms with Crippen molar-refractivity contribution in [1.82, 2.24) is 5.32 Å². The molecule has 1 amide bonds. The minimum Gasteiger partial charge on any atom is -0.455 e. The minimum atomic E-state index is -3.86. The van der Waals surface area contributed by atoms with Crippen LogP contribution in [0.1, 0.15) is 48.2 Å². The molecule has 0 aliphatic rings. The summed E-state index contributed by atoms with van der Waals surface area (Å²) >= 11 is 0. The van der Waals surface area contributed by atoms with Crippen LogP contribution >= 0.6 is 0 Å². The number of nitrogens with one attached hydrogen (secondary N) is 1. The number of hydrogen-bond acceptors (Lipinski definition) is 6. The van der Waals surface area contributed by atoms with E-state index in [-0.39, 0.29) is 46.8 Å². The van der Waals surface area contributed by atoms with Gasteiger partial charge in [-0.3, -0.25) is 13.9 Å². The first kappa shape index (κ1) is 31.7. The molecule has 0 aliphatic heterocycles. The lowest BCUT2D eigenvalue weighted by atomic mass is 9.80. The van der Waals surface area contributed by atoms with Crippen LogP contribution in [0.5, 0.6) is 0 Å². The smallest absolute Gasteiger partial charge is 0.255 e. The van der Waals surface area contributed by atoms with E-state index in [2.05, 4.69) is 19.2 Å². The Hall–Kier alpha value is -4.28. The molecule has 226 valence electrons. The van der Waals surface area contributed by atoms with Crippen molar-refractivity contribution in [2.75, 3.05) is 30.8 Å². The third kappa shape index (κ3) is 7.21. The van der Waals surface area contributed by atoms with Crippen molar-refractivity contribution < 1.29 is 31.9 Å². The maximum Gasteiger partial charge on any atom is 0.255 e. The van der Waals surface area contributed by atoms with Crippen molar-refractivity contribution in [2.45, 2.75) is 32.1 Å². The molecule has 4 aromatic rings.